The third-order valence-corrected chi connectivity index (χ3v) is 3.38. The van der Waals surface area contributed by atoms with Crippen molar-refractivity contribution in [3.8, 4) is 0 Å². The van der Waals surface area contributed by atoms with E-state index < -0.39 is 0 Å². The van der Waals surface area contributed by atoms with Gasteiger partial charge in [-0.2, -0.15) is 4.98 Å². The molecule has 0 atom stereocenters. The standard InChI is InChI=1S/C14H25N3O2/c1-14(2,3)15-9-11-10-19-13(16-11)17(4)12-5-7-18-8-6-12/h10,12,15H,5-9H2,1-4H3. The summed E-state index contributed by atoms with van der Waals surface area (Å²) >= 11 is 0. The quantitative estimate of drug-likeness (QED) is 0.906. The summed E-state index contributed by atoms with van der Waals surface area (Å²) in [7, 11) is 2.04. The smallest absolute Gasteiger partial charge is 0.297 e. The van der Waals surface area contributed by atoms with Crippen LogP contribution >= 0.6 is 0 Å². The number of nitrogens with zero attached hydrogens (tertiary/aromatic N) is 2. The van der Waals surface area contributed by atoms with Crippen LogP contribution in [0.5, 0.6) is 0 Å². The molecule has 1 saturated heterocycles. The first-order valence-electron chi connectivity index (χ1n) is 6.96. The summed E-state index contributed by atoms with van der Waals surface area (Å²) < 4.78 is 11.0. The first-order chi connectivity index (χ1) is 8.96. The lowest BCUT2D eigenvalue weighted by Gasteiger charge is -2.29. The zero-order valence-corrected chi connectivity index (χ0v) is 12.4. The van der Waals surface area contributed by atoms with Crippen LogP contribution in [-0.2, 0) is 11.3 Å². The Morgan fingerprint density at radius 3 is 2.68 bits per heavy atom. The lowest BCUT2D eigenvalue weighted by molar-refractivity contribution is 0.0846. The van der Waals surface area contributed by atoms with Crippen LogP contribution in [0.25, 0.3) is 0 Å². The van der Waals surface area contributed by atoms with Crippen molar-refractivity contribution in [2.45, 2.75) is 51.7 Å². The first kappa shape index (κ1) is 14.3. The average molecular weight is 267 g/mol. The molecule has 1 fully saturated rings. The number of hydrogen-bond donors (Lipinski definition) is 1. The van der Waals surface area contributed by atoms with Gasteiger partial charge in [0.25, 0.3) is 6.01 Å². The Bertz CT molecular complexity index is 392. The molecule has 2 heterocycles. The van der Waals surface area contributed by atoms with E-state index in [1.165, 1.54) is 0 Å². The molecule has 0 aliphatic carbocycles. The summed E-state index contributed by atoms with van der Waals surface area (Å²) in [6.45, 7) is 8.81. The van der Waals surface area contributed by atoms with Crippen LogP contribution < -0.4 is 10.2 Å². The molecule has 1 aliphatic heterocycles. The van der Waals surface area contributed by atoms with E-state index in [1.807, 2.05) is 7.05 Å². The second-order valence-electron chi connectivity index (χ2n) is 6.18. The minimum Gasteiger partial charge on any atom is -0.432 e. The van der Waals surface area contributed by atoms with E-state index in [1.54, 1.807) is 6.26 Å². The molecule has 1 aliphatic rings. The summed E-state index contributed by atoms with van der Waals surface area (Å²) in [6, 6.07) is 1.17. The van der Waals surface area contributed by atoms with E-state index in [0.29, 0.717) is 12.1 Å². The zero-order chi connectivity index (χ0) is 13.9. The normalized spacial score (nSPS) is 17.7. The van der Waals surface area contributed by atoms with E-state index >= 15 is 0 Å². The molecule has 0 unspecified atom stereocenters. The number of nitrogens with one attached hydrogen (secondary N) is 1. The third kappa shape index (κ3) is 4.21. The molecule has 0 aromatic carbocycles. The Hall–Kier alpha value is -1.07. The predicted octanol–water partition coefficient (Wildman–Crippen LogP) is 2.18. The van der Waals surface area contributed by atoms with Crippen molar-refractivity contribution < 1.29 is 9.15 Å². The third-order valence-electron chi connectivity index (χ3n) is 3.38. The van der Waals surface area contributed by atoms with Gasteiger partial charge in [0.1, 0.15) is 6.26 Å². The molecule has 0 amide bonds. The Morgan fingerprint density at radius 1 is 1.37 bits per heavy atom. The summed E-state index contributed by atoms with van der Waals surface area (Å²) in [4.78, 5) is 6.67. The van der Waals surface area contributed by atoms with Crippen molar-refractivity contribution >= 4 is 6.01 Å². The highest BCUT2D eigenvalue weighted by Crippen LogP contribution is 2.20. The van der Waals surface area contributed by atoms with Crippen molar-refractivity contribution in [2.75, 3.05) is 25.2 Å². The monoisotopic (exact) mass is 267 g/mol. The van der Waals surface area contributed by atoms with Crippen molar-refractivity contribution in [1.29, 1.82) is 0 Å². The lowest BCUT2D eigenvalue weighted by atomic mass is 10.1. The fourth-order valence-electron chi connectivity index (χ4n) is 2.12. The molecule has 0 radical (unpaired) electrons. The highest BCUT2D eigenvalue weighted by molar-refractivity contribution is 5.27. The number of aromatic nitrogens is 1. The minimum atomic E-state index is 0.0890. The van der Waals surface area contributed by atoms with Gasteiger partial charge in [-0.15, -0.1) is 0 Å². The molecule has 0 bridgehead atoms. The maximum absolute atomic E-state index is 5.58. The molecule has 1 aromatic heterocycles. The maximum Gasteiger partial charge on any atom is 0.297 e. The Labute approximate surface area is 115 Å². The second kappa shape index (κ2) is 5.92. The summed E-state index contributed by atoms with van der Waals surface area (Å²) in [5.41, 5.74) is 1.04. The van der Waals surface area contributed by atoms with Gasteiger partial charge in [-0.3, -0.25) is 0 Å². The number of hydrogen-bond acceptors (Lipinski definition) is 5. The SMILES string of the molecule is CN(c1nc(CNC(C)(C)C)co1)C1CCOCC1. The molecule has 0 spiro atoms. The number of ether oxygens (including phenoxy) is 1. The molecule has 19 heavy (non-hydrogen) atoms. The fraction of sp³-hybridized carbons (Fsp3) is 0.786. The number of oxazole rings is 1. The van der Waals surface area contributed by atoms with E-state index in [2.05, 4.69) is 36.0 Å². The summed E-state index contributed by atoms with van der Waals surface area (Å²) in [5.74, 6) is 0. The Balaban J connectivity index is 1.92. The topological polar surface area (TPSA) is 50.5 Å². The van der Waals surface area contributed by atoms with E-state index in [9.17, 15) is 0 Å². The molecule has 0 saturated carbocycles. The van der Waals surface area contributed by atoms with Crippen LogP contribution in [0.15, 0.2) is 10.7 Å². The van der Waals surface area contributed by atoms with Crippen molar-refractivity contribution in [2.24, 2.45) is 0 Å². The van der Waals surface area contributed by atoms with Crippen LogP contribution in [-0.4, -0.2) is 36.8 Å². The second-order valence-corrected chi connectivity index (χ2v) is 6.18. The number of rotatable bonds is 4. The van der Waals surface area contributed by atoms with Crippen molar-refractivity contribution in [3.63, 3.8) is 0 Å². The van der Waals surface area contributed by atoms with Crippen LogP contribution in [0.3, 0.4) is 0 Å². The molecule has 5 nitrogen and oxygen atoms in total. The van der Waals surface area contributed by atoms with E-state index in [4.69, 9.17) is 9.15 Å². The average Bonchev–Trinajstić information content (AvgIpc) is 2.84. The summed E-state index contributed by atoms with van der Waals surface area (Å²) in [6.07, 6.45) is 3.81. The Kier molecular flexibility index (Phi) is 4.47. The molecule has 2 rings (SSSR count). The molecule has 108 valence electrons. The van der Waals surface area contributed by atoms with E-state index in [-0.39, 0.29) is 5.54 Å². The van der Waals surface area contributed by atoms with Crippen molar-refractivity contribution in [3.05, 3.63) is 12.0 Å². The van der Waals surface area contributed by atoms with E-state index in [0.717, 1.165) is 38.3 Å². The molecular weight excluding hydrogens is 242 g/mol. The Morgan fingerprint density at radius 2 is 2.05 bits per heavy atom. The van der Waals surface area contributed by atoms with Gasteiger partial charge in [0.05, 0.1) is 5.69 Å². The lowest BCUT2D eigenvalue weighted by Crippen LogP contribution is -2.37. The minimum absolute atomic E-state index is 0.0890. The number of anilines is 1. The maximum atomic E-state index is 5.58. The van der Waals surface area contributed by atoms with Crippen LogP contribution in [0.4, 0.5) is 6.01 Å². The zero-order valence-electron chi connectivity index (χ0n) is 12.4. The molecule has 1 N–H and O–H groups in total. The van der Waals surface area contributed by atoms with Crippen LogP contribution in [0.1, 0.15) is 39.3 Å². The van der Waals surface area contributed by atoms with Gasteiger partial charge in [0.2, 0.25) is 0 Å². The molecule has 1 aromatic rings. The molecule has 5 heteroatoms. The largest absolute Gasteiger partial charge is 0.432 e. The van der Waals surface area contributed by atoms with Crippen LogP contribution in [0.2, 0.25) is 0 Å². The summed E-state index contributed by atoms with van der Waals surface area (Å²) in [5, 5.41) is 3.41. The van der Waals surface area contributed by atoms with Crippen molar-refractivity contribution in [1.82, 2.24) is 10.3 Å². The van der Waals surface area contributed by atoms with Gasteiger partial charge in [-0.1, -0.05) is 0 Å². The first-order valence-corrected chi connectivity index (χ1v) is 6.96. The highest BCUT2D eigenvalue weighted by atomic mass is 16.5. The van der Waals surface area contributed by atoms with Gasteiger partial charge >= 0.3 is 0 Å². The van der Waals surface area contributed by atoms with Gasteiger partial charge < -0.3 is 19.4 Å². The van der Waals surface area contributed by atoms with Gasteiger partial charge in [0, 0.05) is 38.4 Å². The van der Waals surface area contributed by atoms with Gasteiger partial charge in [-0.05, 0) is 33.6 Å². The van der Waals surface area contributed by atoms with Gasteiger partial charge in [-0.25, -0.2) is 0 Å². The fourth-order valence-corrected chi connectivity index (χ4v) is 2.12. The van der Waals surface area contributed by atoms with Gasteiger partial charge in [0.15, 0.2) is 0 Å². The van der Waals surface area contributed by atoms with Crippen LogP contribution in [0, 0.1) is 0 Å². The predicted molar refractivity (Wildman–Crippen MR) is 75.3 cm³/mol. The molecular formula is C14H25N3O2. The highest BCUT2D eigenvalue weighted by Gasteiger charge is 2.22.